The van der Waals surface area contributed by atoms with E-state index < -0.39 is 0 Å². The van der Waals surface area contributed by atoms with E-state index in [1.54, 1.807) is 0 Å². The number of fused-ring (bicyclic) bond motifs is 2. The minimum Gasteiger partial charge on any atom is -0.355 e. The summed E-state index contributed by atoms with van der Waals surface area (Å²) in [4.78, 5) is 16.5. The maximum atomic E-state index is 13.0. The summed E-state index contributed by atoms with van der Waals surface area (Å²) >= 11 is 0. The average molecular weight is 347 g/mol. The molecule has 1 aromatic heterocycles. The third-order valence-electron chi connectivity index (χ3n) is 4.98. The smallest absolute Gasteiger partial charge is 0.193 e. The quantitative estimate of drug-likeness (QED) is 0.386. The topological polar surface area (TPSA) is 32.9 Å². The number of ketones is 1. The van der Waals surface area contributed by atoms with Gasteiger partial charge in [-0.3, -0.25) is 4.79 Å². The zero-order valence-electron chi connectivity index (χ0n) is 14.6. The molecule has 2 heteroatoms. The van der Waals surface area contributed by atoms with Crippen molar-refractivity contribution in [3.63, 3.8) is 0 Å². The highest BCUT2D eigenvalue weighted by Gasteiger charge is 2.11. The molecule has 4 aromatic carbocycles. The molecule has 0 spiro atoms. The van der Waals surface area contributed by atoms with E-state index >= 15 is 0 Å². The van der Waals surface area contributed by atoms with Gasteiger partial charge >= 0.3 is 0 Å². The molecule has 0 aliphatic heterocycles. The molecule has 5 aromatic rings. The van der Waals surface area contributed by atoms with Gasteiger partial charge in [0.1, 0.15) is 0 Å². The Morgan fingerprint density at radius 1 is 0.593 bits per heavy atom. The Morgan fingerprint density at radius 2 is 1.33 bits per heavy atom. The van der Waals surface area contributed by atoms with Crippen LogP contribution in [-0.4, -0.2) is 10.8 Å². The number of carbonyl (C=O) groups excluding carboxylic acids is 1. The van der Waals surface area contributed by atoms with Crippen molar-refractivity contribution in [3.05, 3.63) is 108 Å². The number of aromatic amines is 1. The lowest BCUT2D eigenvalue weighted by molar-refractivity contribution is 0.103. The van der Waals surface area contributed by atoms with E-state index in [1.807, 2.05) is 72.8 Å². The molecule has 0 fully saturated rings. The number of rotatable bonds is 3. The molecule has 0 saturated heterocycles. The summed E-state index contributed by atoms with van der Waals surface area (Å²) < 4.78 is 0. The number of carbonyl (C=O) groups is 1. The van der Waals surface area contributed by atoms with Crippen molar-refractivity contribution >= 4 is 27.5 Å². The van der Waals surface area contributed by atoms with E-state index in [4.69, 9.17) is 0 Å². The molecule has 0 unspecified atom stereocenters. The van der Waals surface area contributed by atoms with E-state index in [0.29, 0.717) is 11.1 Å². The highest BCUT2D eigenvalue weighted by atomic mass is 16.1. The zero-order valence-corrected chi connectivity index (χ0v) is 14.6. The van der Waals surface area contributed by atoms with E-state index in [1.165, 1.54) is 5.39 Å². The van der Waals surface area contributed by atoms with Crippen molar-refractivity contribution < 1.29 is 4.79 Å². The summed E-state index contributed by atoms with van der Waals surface area (Å²) in [7, 11) is 0. The second kappa shape index (κ2) is 6.26. The normalized spacial score (nSPS) is 11.1. The molecule has 0 aliphatic rings. The third-order valence-corrected chi connectivity index (χ3v) is 4.98. The molecule has 27 heavy (non-hydrogen) atoms. The van der Waals surface area contributed by atoms with Gasteiger partial charge in [-0.1, -0.05) is 72.8 Å². The van der Waals surface area contributed by atoms with Crippen molar-refractivity contribution in [2.75, 3.05) is 0 Å². The molecule has 128 valence electrons. The van der Waals surface area contributed by atoms with Gasteiger partial charge in [0.2, 0.25) is 0 Å². The Balaban J connectivity index is 1.54. The Bertz CT molecular complexity index is 1260. The Labute approximate surface area is 157 Å². The van der Waals surface area contributed by atoms with Crippen LogP contribution in [-0.2, 0) is 0 Å². The van der Waals surface area contributed by atoms with E-state index in [2.05, 4.69) is 29.2 Å². The summed E-state index contributed by atoms with van der Waals surface area (Å²) in [6, 6.07) is 32.1. The number of aromatic nitrogens is 1. The number of nitrogens with one attached hydrogen (secondary N) is 1. The van der Waals surface area contributed by atoms with Crippen molar-refractivity contribution in [2.45, 2.75) is 0 Å². The molecule has 1 N–H and O–H groups in total. The first-order chi connectivity index (χ1) is 13.3. The fourth-order valence-corrected chi connectivity index (χ4v) is 3.55. The predicted octanol–water partition coefficient (Wildman–Crippen LogP) is 6.22. The first-order valence-corrected chi connectivity index (χ1v) is 9.00. The zero-order chi connectivity index (χ0) is 18.2. The molecule has 0 amide bonds. The average Bonchev–Trinajstić information content (AvgIpc) is 3.17. The second-order valence-electron chi connectivity index (χ2n) is 6.74. The van der Waals surface area contributed by atoms with Crippen LogP contribution in [0.2, 0.25) is 0 Å². The van der Waals surface area contributed by atoms with Crippen LogP contribution in [0.3, 0.4) is 0 Å². The summed E-state index contributed by atoms with van der Waals surface area (Å²) in [5.41, 5.74) is 4.53. The summed E-state index contributed by atoms with van der Waals surface area (Å²) in [6.45, 7) is 0. The highest BCUT2D eigenvalue weighted by Crippen LogP contribution is 2.26. The largest absolute Gasteiger partial charge is 0.355 e. The van der Waals surface area contributed by atoms with Crippen molar-refractivity contribution in [1.29, 1.82) is 0 Å². The molecule has 5 rings (SSSR count). The summed E-state index contributed by atoms with van der Waals surface area (Å²) in [6.07, 6.45) is 0. The van der Waals surface area contributed by atoms with E-state index in [9.17, 15) is 4.79 Å². The Kier molecular flexibility index (Phi) is 3.61. The van der Waals surface area contributed by atoms with Crippen LogP contribution in [0.1, 0.15) is 15.9 Å². The molecule has 1 heterocycles. The van der Waals surface area contributed by atoms with Crippen LogP contribution in [0.5, 0.6) is 0 Å². The SMILES string of the molecule is O=C(c1cccc(-c2cc3ccccc3[nH]2)c1)c1ccc2ccccc2c1. The Morgan fingerprint density at radius 3 is 2.19 bits per heavy atom. The predicted molar refractivity (Wildman–Crippen MR) is 111 cm³/mol. The van der Waals surface area contributed by atoms with Gasteiger partial charge in [-0.25, -0.2) is 0 Å². The van der Waals surface area contributed by atoms with Gasteiger partial charge in [-0.15, -0.1) is 0 Å². The number of hydrogen-bond acceptors (Lipinski definition) is 1. The van der Waals surface area contributed by atoms with Crippen LogP contribution in [0, 0.1) is 0 Å². The van der Waals surface area contributed by atoms with Crippen LogP contribution < -0.4 is 0 Å². The van der Waals surface area contributed by atoms with Gasteiger partial charge in [-0.2, -0.15) is 0 Å². The van der Waals surface area contributed by atoms with Crippen molar-refractivity contribution in [2.24, 2.45) is 0 Å². The van der Waals surface area contributed by atoms with Gasteiger partial charge in [0.15, 0.2) is 5.78 Å². The van der Waals surface area contributed by atoms with Crippen LogP contribution in [0.25, 0.3) is 32.9 Å². The van der Waals surface area contributed by atoms with E-state index in [0.717, 1.165) is 27.5 Å². The first-order valence-electron chi connectivity index (χ1n) is 9.00. The molecular formula is C25H17NO. The van der Waals surface area contributed by atoms with Gasteiger partial charge in [0.25, 0.3) is 0 Å². The summed E-state index contributed by atoms with van der Waals surface area (Å²) in [5, 5.41) is 3.38. The number of para-hydroxylation sites is 1. The maximum Gasteiger partial charge on any atom is 0.193 e. The van der Waals surface area contributed by atoms with Crippen LogP contribution in [0.15, 0.2) is 97.1 Å². The number of H-pyrrole nitrogens is 1. The number of hydrogen-bond donors (Lipinski definition) is 1. The standard InChI is InChI=1S/C25H17NO/c27-25(22-13-12-17-6-1-2-7-18(17)14-22)21-10-5-9-19(15-21)24-16-20-8-3-4-11-23(20)26-24/h1-16,26H. The second-order valence-corrected chi connectivity index (χ2v) is 6.74. The minimum atomic E-state index is 0.0405. The first kappa shape index (κ1) is 15.6. The monoisotopic (exact) mass is 347 g/mol. The highest BCUT2D eigenvalue weighted by molar-refractivity contribution is 6.11. The van der Waals surface area contributed by atoms with Gasteiger partial charge in [-0.05, 0) is 40.6 Å². The molecule has 2 nitrogen and oxygen atoms in total. The lowest BCUT2D eigenvalue weighted by Gasteiger charge is -2.06. The molecule has 0 saturated carbocycles. The van der Waals surface area contributed by atoms with Gasteiger partial charge < -0.3 is 4.98 Å². The van der Waals surface area contributed by atoms with Crippen molar-refractivity contribution in [3.8, 4) is 11.3 Å². The third kappa shape index (κ3) is 2.81. The molecule has 0 radical (unpaired) electrons. The van der Waals surface area contributed by atoms with Gasteiger partial charge in [0, 0.05) is 27.7 Å². The van der Waals surface area contributed by atoms with E-state index in [-0.39, 0.29) is 5.78 Å². The van der Waals surface area contributed by atoms with Crippen molar-refractivity contribution in [1.82, 2.24) is 4.98 Å². The summed E-state index contributed by atoms with van der Waals surface area (Å²) in [5.74, 6) is 0.0405. The fraction of sp³-hybridized carbons (Fsp3) is 0. The lowest BCUT2D eigenvalue weighted by atomic mass is 9.98. The fourth-order valence-electron chi connectivity index (χ4n) is 3.55. The maximum absolute atomic E-state index is 13.0. The van der Waals surface area contributed by atoms with Crippen LogP contribution in [0.4, 0.5) is 0 Å². The lowest BCUT2D eigenvalue weighted by Crippen LogP contribution is -2.01. The van der Waals surface area contributed by atoms with Crippen LogP contribution >= 0.6 is 0 Å². The minimum absolute atomic E-state index is 0.0405. The molecule has 0 atom stereocenters. The van der Waals surface area contributed by atoms with Gasteiger partial charge in [0.05, 0.1) is 0 Å². The Hall–Kier alpha value is -3.65. The molecule has 0 bridgehead atoms. The molecule has 0 aliphatic carbocycles. The number of benzene rings is 4. The molecular weight excluding hydrogens is 330 g/mol.